The van der Waals surface area contributed by atoms with Crippen molar-refractivity contribution in [1.29, 1.82) is 0 Å². The van der Waals surface area contributed by atoms with Gasteiger partial charge >= 0.3 is 0 Å². The summed E-state index contributed by atoms with van der Waals surface area (Å²) in [4.78, 5) is 26.1. The Balaban J connectivity index is 1.92. The lowest BCUT2D eigenvalue weighted by Crippen LogP contribution is -2.38. The Morgan fingerprint density at radius 2 is 2.07 bits per heavy atom. The third-order valence-corrected chi connectivity index (χ3v) is 5.10. The fraction of sp³-hybridized carbons (Fsp3) is 0.444. The molecule has 0 unspecified atom stereocenters. The van der Waals surface area contributed by atoms with Gasteiger partial charge in [-0.15, -0.1) is 10.2 Å². The van der Waals surface area contributed by atoms with Gasteiger partial charge in [0, 0.05) is 42.6 Å². The molecule has 0 aliphatic rings. The van der Waals surface area contributed by atoms with Crippen LogP contribution in [0.15, 0.2) is 28.7 Å². The van der Waals surface area contributed by atoms with Crippen molar-refractivity contribution >= 4 is 44.2 Å². The highest BCUT2D eigenvalue weighted by Crippen LogP contribution is 2.28. The van der Waals surface area contributed by atoms with Gasteiger partial charge < -0.3 is 15.0 Å². The SMILES string of the molecule is COCCN(CCC(=O)Nc1nnc(-c2cccc(Br)c2)s1)C(=O)C(C)C. The Kier molecular flexibility index (Phi) is 8.33. The van der Waals surface area contributed by atoms with Gasteiger partial charge in [-0.2, -0.15) is 0 Å². The zero-order valence-electron chi connectivity index (χ0n) is 15.6. The van der Waals surface area contributed by atoms with Gasteiger partial charge in [0.15, 0.2) is 0 Å². The number of benzene rings is 1. The number of anilines is 1. The molecule has 0 spiro atoms. The Labute approximate surface area is 171 Å². The van der Waals surface area contributed by atoms with Crippen molar-refractivity contribution in [2.75, 3.05) is 32.1 Å². The molecule has 0 atom stereocenters. The van der Waals surface area contributed by atoms with Gasteiger partial charge in [0.25, 0.3) is 0 Å². The highest BCUT2D eigenvalue weighted by molar-refractivity contribution is 9.10. The number of amides is 2. The van der Waals surface area contributed by atoms with Crippen LogP contribution in [0.3, 0.4) is 0 Å². The fourth-order valence-corrected chi connectivity index (χ4v) is 3.48. The molecule has 7 nitrogen and oxygen atoms in total. The normalized spacial score (nSPS) is 10.9. The number of rotatable bonds is 9. The molecule has 0 aliphatic heterocycles. The number of halogens is 1. The van der Waals surface area contributed by atoms with Crippen molar-refractivity contribution in [2.45, 2.75) is 20.3 Å². The summed E-state index contributed by atoms with van der Waals surface area (Å²) in [7, 11) is 1.59. The maximum Gasteiger partial charge on any atom is 0.227 e. The van der Waals surface area contributed by atoms with Gasteiger partial charge in [0.05, 0.1) is 6.61 Å². The van der Waals surface area contributed by atoms with Crippen LogP contribution in [0.2, 0.25) is 0 Å². The first-order valence-corrected chi connectivity index (χ1v) is 10.2. The van der Waals surface area contributed by atoms with Gasteiger partial charge in [-0.3, -0.25) is 9.59 Å². The third kappa shape index (κ3) is 6.67. The van der Waals surface area contributed by atoms with E-state index in [9.17, 15) is 9.59 Å². The highest BCUT2D eigenvalue weighted by atomic mass is 79.9. The topological polar surface area (TPSA) is 84.4 Å². The third-order valence-electron chi connectivity index (χ3n) is 3.72. The summed E-state index contributed by atoms with van der Waals surface area (Å²) in [5.74, 6) is -0.320. The van der Waals surface area contributed by atoms with Crippen molar-refractivity contribution in [2.24, 2.45) is 5.92 Å². The highest BCUT2D eigenvalue weighted by Gasteiger charge is 2.18. The van der Waals surface area contributed by atoms with Crippen LogP contribution in [0, 0.1) is 5.92 Å². The number of nitrogens with one attached hydrogen (secondary N) is 1. The van der Waals surface area contributed by atoms with Crippen molar-refractivity contribution in [3.05, 3.63) is 28.7 Å². The lowest BCUT2D eigenvalue weighted by Gasteiger charge is -2.23. The first-order valence-electron chi connectivity index (χ1n) is 8.57. The zero-order chi connectivity index (χ0) is 19.8. The molecule has 0 bridgehead atoms. The fourth-order valence-electron chi connectivity index (χ4n) is 2.33. The molecular formula is C18H23BrN4O3S. The minimum absolute atomic E-state index is 0.00714. The molecule has 1 aromatic carbocycles. The zero-order valence-corrected chi connectivity index (χ0v) is 18.0. The molecule has 0 radical (unpaired) electrons. The molecule has 1 N–H and O–H groups in total. The smallest absolute Gasteiger partial charge is 0.227 e. The van der Waals surface area contributed by atoms with Crippen LogP contribution in [0.1, 0.15) is 20.3 Å². The number of hydrogen-bond donors (Lipinski definition) is 1. The quantitative estimate of drug-likeness (QED) is 0.627. The van der Waals surface area contributed by atoms with Crippen LogP contribution in [-0.2, 0) is 14.3 Å². The molecule has 0 fully saturated rings. The van der Waals surface area contributed by atoms with E-state index in [4.69, 9.17) is 4.74 Å². The molecule has 27 heavy (non-hydrogen) atoms. The van der Waals surface area contributed by atoms with Crippen LogP contribution in [0.25, 0.3) is 10.6 Å². The first kappa shape index (κ1) is 21.5. The van der Waals surface area contributed by atoms with Crippen LogP contribution in [0.4, 0.5) is 5.13 Å². The molecule has 9 heteroatoms. The molecule has 2 rings (SSSR count). The van der Waals surface area contributed by atoms with Gasteiger partial charge in [0.2, 0.25) is 16.9 Å². The molecule has 0 saturated heterocycles. The van der Waals surface area contributed by atoms with Gasteiger partial charge in [-0.05, 0) is 12.1 Å². The molecule has 1 aromatic heterocycles. The Morgan fingerprint density at radius 1 is 1.30 bits per heavy atom. The second-order valence-corrected chi connectivity index (χ2v) is 8.09. The summed E-state index contributed by atoms with van der Waals surface area (Å²) in [6.07, 6.45) is 0.188. The standard InChI is InChI=1S/C18H23BrN4O3S/c1-12(2)17(25)23(9-10-26-3)8-7-15(24)20-18-22-21-16(27-18)13-5-4-6-14(19)11-13/h4-6,11-12H,7-10H2,1-3H3,(H,20,22,24). The van der Waals surface area contributed by atoms with Crippen LogP contribution in [0.5, 0.6) is 0 Å². The van der Waals surface area contributed by atoms with Crippen LogP contribution < -0.4 is 5.32 Å². The summed E-state index contributed by atoms with van der Waals surface area (Å²) in [6, 6.07) is 7.72. The lowest BCUT2D eigenvalue weighted by molar-refractivity contribution is -0.135. The average molecular weight is 455 g/mol. The van der Waals surface area contributed by atoms with E-state index in [-0.39, 0.29) is 24.2 Å². The summed E-state index contributed by atoms with van der Waals surface area (Å²) in [5, 5.41) is 12.1. The Bertz CT molecular complexity index is 781. The van der Waals surface area contributed by atoms with E-state index >= 15 is 0 Å². The molecule has 146 valence electrons. The number of carbonyl (C=O) groups excluding carboxylic acids is 2. The van der Waals surface area contributed by atoms with Crippen LogP contribution in [-0.4, -0.2) is 53.7 Å². The minimum Gasteiger partial charge on any atom is -0.383 e. The van der Waals surface area contributed by atoms with E-state index in [1.807, 2.05) is 38.1 Å². The van der Waals surface area contributed by atoms with Crippen molar-refractivity contribution in [3.63, 3.8) is 0 Å². The Hall–Kier alpha value is -1.84. The number of ether oxygens (including phenoxy) is 1. The average Bonchev–Trinajstić information content (AvgIpc) is 3.09. The molecule has 2 amide bonds. The lowest BCUT2D eigenvalue weighted by atomic mass is 10.2. The van der Waals surface area contributed by atoms with Crippen molar-refractivity contribution in [3.8, 4) is 10.6 Å². The molecular weight excluding hydrogens is 432 g/mol. The summed E-state index contributed by atoms with van der Waals surface area (Å²) in [6.45, 7) is 4.92. The van der Waals surface area contributed by atoms with Gasteiger partial charge in [0.1, 0.15) is 5.01 Å². The molecule has 0 saturated carbocycles. The van der Waals surface area contributed by atoms with E-state index in [1.54, 1.807) is 12.0 Å². The first-order chi connectivity index (χ1) is 12.9. The van der Waals surface area contributed by atoms with E-state index < -0.39 is 0 Å². The number of carbonyl (C=O) groups is 2. The second-order valence-electron chi connectivity index (χ2n) is 6.19. The predicted molar refractivity (Wildman–Crippen MR) is 110 cm³/mol. The van der Waals surface area contributed by atoms with Crippen LogP contribution >= 0.6 is 27.3 Å². The predicted octanol–water partition coefficient (Wildman–Crippen LogP) is 3.43. The summed E-state index contributed by atoms with van der Waals surface area (Å²) < 4.78 is 5.99. The van der Waals surface area contributed by atoms with Crippen molar-refractivity contribution in [1.82, 2.24) is 15.1 Å². The minimum atomic E-state index is -0.203. The van der Waals surface area contributed by atoms with E-state index in [2.05, 4.69) is 31.4 Å². The molecule has 0 aliphatic carbocycles. The Morgan fingerprint density at radius 3 is 2.74 bits per heavy atom. The van der Waals surface area contributed by atoms with Gasteiger partial charge in [-0.1, -0.05) is 53.2 Å². The number of hydrogen-bond acceptors (Lipinski definition) is 6. The van der Waals surface area contributed by atoms with E-state index in [1.165, 1.54) is 11.3 Å². The number of methoxy groups -OCH3 is 1. The van der Waals surface area contributed by atoms with Crippen molar-refractivity contribution < 1.29 is 14.3 Å². The second kappa shape index (κ2) is 10.5. The molecule has 2 aromatic rings. The van der Waals surface area contributed by atoms with E-state index in [0.717, 1.165) is 15.0 Å². The summed E-state index contributed by atoms with van der Waals surface area (Å²) in [5.41, 5.74) is 0.927. The van der Waals surface area contributed by atoms with E-state index in [0.29, 0.717) is 24.8 Å². The largest absolute Gasteiger partial charge is 0.383 e. The maximum absolute atomic E-state index is 12.2. The van der Waals surface area contributed by atoms with Gasteiger partial charge in [-0.25, -0.2) is 0 Å². The number of nitrogens with zero attached hydrogens (tertiary/aromatic N) is 3. The monoisotopic (exact) mass is 454 g/mol. The molecule has 1 heterocycles. The number of aromatic nitrogens is 2. The maximum atomic E-state index is 12.2. The summed E-state index contributed by atoms with van der Waals surface area (Å²) >= 11 is 4.73.